The van der Waals surface area contributed by atoms with Gasteiger partial charge < -0.3 is 10.1 Å². The van der Waals surface area contributed by atoms with E-state index in [9.17, 15) is 9.59 Å². The molecular weight excluding hydrogens is 254 g/mol. The Labute approximate surface area is 118 Å². The van der Waals surface area contributed by atoms with Gasteiger partial charge in [-0.25, -0.2) is 4.79 Å². The van der Waals surface area contributed by atoms with Gasteiger partial charge in [-0.15, -0.1) is 0 Å². The largest absolute Gasteiger partial charge is 0.465 e. The van der Waals surface area contributed by atoms with E-state index in [2.05, 4.69) is 10.1 Å². The Balaban J connectivity index is 1.67. The molecule has 2 aliphatic rings. The normalized spacial score (nSPS) is 26.8. The number of aryl methyl sites for hydroxylation is 1. The highest BCUT2D eigenvalue weighted by Gasteiger charge is 2.47. The van der Waals surface area contributed by atoms with Gasteiger partial charge in [-0.1, -0.05) is 0 Å². The average Bonchev–Trinajstić information content (AvgIpc) is 3.06. The molecule has 0 saturated heterocycles. The first kappa shape index (κ1) is 13.2. The second kappa shape index (κ2) is 4.93. The zero-order valence-corrected chi connectivity index (χ0v) is 11.8. The Kier molecular flexibility index (Phi) is 3.24. The maximum atomic E-state index is 12.2. The summed E-state index contributed by atoms with van der Waals surface area (Å²) < 4.78 is 4.68. The van der Waals surface area contributed by atoms with Crippen LogP contribution in [-0.2, 0) is 9.53 Å². The summed E-state index contributed by atoms with van der Waals surface area (Å²) >= 11 is 0. The fourth-order valence-electron chi connectivity index (χ4n) is 3.21. The van der Waals surface area contributed by atoms with E-state index in [4.69, 9.17) is 0 Å². The topological polar surface area (TPSA) is 55.4 Å². The van der Waals surface area contributed by atoms with Gasteiger partial charge in [-0.05, 0) is 61.8 Å². The van der Waals surface area contributed by atoms with Gasteiger partial charge in [-0.2, -0.15) is 0 Å². The summed E-state index contributed by atoms with van der Waals surface area (Å²) in [5.74, 6) is 1.52. The molecule has 1 aromatic carbocycles. The molecule has 1 aromatic rings. The van der Waals surface area contributed by atoms with Gasteiger partial charge in [0.25, 0.3) is 0 Å². The van der Waals surface area contributed by atoms with Crippen LogP contribution in [-0.4, -0.2) is 19.0 Å². The number of hydrogen-bond acceptors (Lipinski definition) is 3. The molecular formula is C16H19NO3. The van der Waals surface area contributed by atoms with Crippen molar-refractivity contribution in [2.24, 2.45) is 17.8 Å². The van der Waals surface area contributed by atoms with Crippen molar-refractivity contribution in [1.29, 1.82) is 0 Å². The van der Waals surface area contributed by atoms with Crippen LogP contribution in [0.2, 0.25) is 0 Å². The second-order valence-corrected chi connectivity index (χ2v) is 5.93. The molecule has 3 rings (SSSR count). The zero-order chi connectivity index (χ0) is 14.3. The van der Waals surface area contributed by atoms with Crippen molar-refractivity contribution in [3.63, 3.8) is 0 Å². The van der Waals surface area contributed by atoms with Crippen LogP contribution < -0.4 is 5.32 Å². The molecule has 0 radical (unpaired) electrons. The van der Waals surface area contributed by atoms with E-state index < -0.39 is 0 Å². The van der Waals surface area contributed by atoms with E-state index in [-0.39, 0.29) is 17.8 Å². The van der Waals surface area contributed by atoms with Crippen molar-refractivity contribution in [3.05, 3.63) is 29.3 Å². The number of nitrogens with one attached hydrogen (secondary N) is 1. The first-order valence-corrected chi connectivity index (χ1v) is 7.08. The van der Waals surface area contributed by atoms with E-state index in [0.29, 0.717) is 5.56 Å². The Morgan fingerprint density at radius 3 is 2.50 bits per heavy atom. The fourth-order valence-corrected chi connectivity index (χ4v) is 3.21. The third-order valence-corrected chi connectivity index (χ3v) is 4.52. The van der Waals surface area contributed by atoms with Crippen LogP contribution in [0.3, 0.4) is 0 Å². The van der Waals surface area contributed by atoms with Crippen LogP contribution in [0.1, 0.15) is 35.2 Å². The molecule has 2 aliphatic carbocycles. The zero-order valence-electron chi connectivity index (χ0n) is 11.8. The fraction of sp³-hybridized carbons (Fsp3) is 0.500. The third kappa shape index (κ3) is 2.42. The molecule has 4 heteroatoms. The van der Waals surface area contributed by atoms with E-state index >= 15 is 0 Å². The number of methoxy groups -OCH3 is 1. The van der Waals surface area contributed by atoms with Crippen molar-refractivity contribution in [3.8, 4) is 0 Å². The number of carbonyl (C=O) groups excluding carboxylic acids is 2. The highest BCUT2D eigenvalue weighted by Crippen LogP contribution is 2.54. The smallest absolute Gasteiger partial charge is 0.337 e. The number of hydrogen-bond donors (Lipinski definition) is 1. The van der Waals surface area contributed by atoms with E-state index in [0.717, 1.165) is 35.9 Å². The van der Waals surface area contributed by atoms with E-state index in [1.54, 1.807) is 18.2 Å². The van der Waals surface area contributed by atoms with Crippen molar-refractivity contribution in [2.45, 2.75) is 26.2 Å². The van der Waals surface area contributed by atoms with Gasteiger partial charge in [0.2, 0.25) is 5.91 Å². The van der Waals surface area contributed by atoms with Crippen molar-refractivity contribution < 1.29 is 14.3 Å². The molecule has 0 spiro atoms. The molecule has 2 unspecified atom stereocenters. The molecule has 1 amide bonds. The minimum Gasteiger partial charge on any atom is -0.465 e. The highest BCUT2D eigenvalue weighted by molar-refractivity contribution is 5.95. The van der Waals surface area contributed by atoms with Crippen LogP contribution in [0.15, 0.2) is 18.2 Å². The van der Waals surface area contributed by atoms with Crippen LogP contribution in [0.25, 0.3) is 0 Å². The molecule has 106 valence electrons. The molecule has 4 nitrogen and oxygen atoms in total. The third-order valence-electron chi connectivity index (χ3n) is 4.52. The Morgan fingerprint density at radius 2 is 1.90 bits per heavy atom. The van der Waals surface area contributed by atoms with Gasteiger partial charge in [0.05, 0.1) is 12.7 Å². The molecule has 2 fully saturated rings. The summed E-state index contributed by atoms with van der Waals surface area (Å²) in [6, 6.07) is 5.20. The number of ether oxygens (including phenoxy) is 1. The van der Waals surface area contributed by atoms with E-state index in [1.807, 2.05) is 6.92 Å². The quantitative estimate of drug-likeness (QED) is 0.862. The number of fused-ring (bicyclic) bond motifs is 1. The highest BCUT2D eigenvalue weighted by atomic mass is 16.5. The van der Waals surface area contributed by atoms with Crippen molar-refractivity contribution in [2.75, 3.05) is 12.4 Å². The minimum absolute atomic E-state index is 0.117. The standard InChI is InChI=1S/C16H19NO3/c1-9-5-10(16(19)20-2)3-4-14(9)17-15(18)13-7-11-6-12(11)8-13/h3-5,11-13H,6-8H2,1-2H3,(H,17,18). The molecule has 0 bridgehead atoms. The number of carbonyl (C=O) groups is 2. The predicted molar refractivity (Wildman–Crippen MR) is 75.5 cm³/mol. The SMILES string of the molecule is COC(=O)c1ccc(NC(=O)C2CC3CC3C2)c(C)c1. The predicted octanol–water partition coefficient (Wildman–Crippen LogP) is 2.77. The average molecular weight is 273 g/mol. The summed E-state index contributed by atoms with van der Waals surface area (Å²) in [7, 11) is 1.36. The van der Waals surface area contributed by atoms with Gasteiger partial charge in [0.15, 0.2) is 0 Å². The molecule has 0 aromatic heterocycles. The lowest BCUT2D eigenvalue weighted by atomic mass is 10.0. The van der Waals surface area contributed by atoms with Crippen LogP contribution in [0.5, 0.6) is 0 Å². The van der Waals surface area contributed by atoms with Gasteiger partial charge in [-0.3, -0.25) is 4.79 Å². The molecule has 20 heavy (non-hydrogen) atoms. The molecule has 0 aliphatic heterocycles. The maximum absolute atomic E-state index is 12.2. The number of esters is 1. The summed E-state index contributed by atoms with van der Waals surface area (Å²) in [6.07, 6.45) is 3.39. The Hall–Kier alpha value is -1.84. The first-order valence-electron chi connectivity index (χ1n) is 7.08. The van der Waals surface area contributed by atoms with Crippen molar-refractivity contribution >= 4 is 17.6 Å². The lowest BCUT2D eigenvalue weighted by molar-refractivity contribution is -0.120. The summed E-state index contributed by atoms with van der Waals surface area (Å²) in [4.78, 5) is 23.6. The number of benzene rings is 1. The van der Waals surface area contributed by atoms with Crippen LogP contribution >= 0.6 is 0 Å². The minimum atomic E-state index is -0.359. The number of anilines is 1. The van der Waals surface area contributed by atoms with Gasteiger partial charge in [0, 0.05) is 11.6 Å². The van der Waals surface area contributed by atoms with Crippen LogP contribution in [0, 0.1) is 24.7 Å². The van der Waals surface area contributed by atoms with E-state index in [1.165, 1.54) is 13.5 Å². The van der Waals surface area contributed by atoms with Gasteiger partial charge in [0.1, 0.15) is 0 Å². The first-order chi connectivity index (χ1) is 9.58. The summed E-state index contributed by atoms with van der Waals surface area (Å²) in [5, 5.41) is 2.99. The lowest BCUT2D eigenvalue weighted by Crippen LogP contribution is -2.22. The molecule has 2 atom stereocenters. The summed E-state index contributed by atoms with van der Waals surface area (Å²) in [6.45, 7) is 1.88. The molecule has 0 heterocycles. The summed E-state index contributed by atoms with van der Waals surface area (Å²) in [5.41, 5.74) is 2.16. The maximum Gasteiger partial charge on any atom is 0.337 e. The monoisotopic (exact) mass is 273 g/mol. The number of amides is 1. The molecule has 1 N–H and O–H groups in total. The molecule has 2 saturated carbocycles. The van der Waals surface area contributed by atoms with Crippen molar-refractivity contribution in [1.82, 2.24) is 0 Å². The Bertz CT molecular complexity index is 557. The Morgan fingerprint density at radius 1 is 1.20 bits per heavy atom. The van der Waals surface area contributed by atoms with Crippen LogP contribution in [0.4, 0.5) is 5.69 Å². The second-order valence-electron chi connectivity index (χ2n) is 5.93. The number of rotatable bonds is 3. The lowest BCUT2D eigenvalue weighted by Gasteiger charge is -2.14. The van der Waals surface area contributed by atoms with Gasteiger partial charge >= 0.3 is 5.97 Å².